The number of benzene rings is 2. The molecule has 0 bridgehead atoms. The summed E-state index contributed by atoms with van der Waals surface area (Å²) in [5, 5.41) is 0. The number of unbranched alkanes of at least 4 members (excludes halogenated alkanes) is 6. The van der Waals surface area contributed by atoms with Gasteiger partial charge in [0.25, 0.3) is 0 Å². The Morgan fingerprint density at radius 1 is 0.656 bits per heavy atom. The lowest BCUT2D eigenvalue weighted by atomic mass is 9.80. The first-order chi connectivity index (χ1) is 15.8. The molecule has 2 aromatic carbocycles. The molecule has 1 aliphatic rings. The smallest absolute Gasteiger partial charge is 0.0245 e. The third kappa shape index (κ3) is 8.50. The van der Waals surface area contributed by atoms with E-state index >= 15 is 0 Å². The van der Waals surface area contributed by atoms with Gasteiger partial charge in [0.15, 0.2) is 0 Å². The fourth-order valence-electron chi connectivity index (χ4n) is 5.01. The molecular formula is C32H44. The Morgan fingerprint density at radius 3 is 1.88 bits per heavy atom. The van der Waals surface area contributed by atoms with Gasteiger partial charge in [0.2, 0.25) is 0 Å². The first kappa shape index (κ1) is 24.6. The summed E-state index contributed by atoms with van der Waals surface area (Å²) < 4.78 is 0. The summed E-state index contributed by atoms with van der Waals surface area (Å²) in [4.78, 5) is 0. The van der Waals surface area contributed by atoms with Gasteiger partial charge in [-0.2, -0.15) is 0 Å². The van der Waals surface area contributed by atoms with Crippen LogP contribution in [0.25, 0.3) is 11.1 Å². The molecule has 172 valence electrons. The minimum absolute atomic E-state index is 0.603. The summed E-state index contributed by atoms with van der Waals surface area (Å²) in [6.07, 6.45) is 18.9. The van der Waals surface area contributed by atoms with Crippen molar-refractivity contribution in [2.45, 2.75) is 104 Å². The van der Waals surface area contributed by atoms with E-state index in [4.69, 9.17) is 0 Å². The molecule has 2 aromatic rings. The minimum Gasteiger partial charge on any atom is -0.0945 e. The third-order valence-electron chi connectivity index (χ3n) is 7.22. The van der Waals surface area contributed by atoms with Gasteiger partial charge in [-0.15, -0.1) is 0 Å². The van der Waals surface area contributed by atoms with E-state index in [1.807, 2.05) is 0 Å². The molecular weight excluding hydrogens is 384 g/mol. The van der Waals surface area contributed by atoms with E-state index in [0.717, 1.165) is 11.5 Å². The van der Waals surface area contributed by atoms with E-state index in [2.05, 4.69) is 74.2 Å². The molecule has 0 saturated heterocycles. The summed E-state index contributed by atoms with van der Waals surface area (Å²) in [7, 11) is 0. The molecule has 0 nitrogen and oxygen atoms in total. The molecule has 1 saturated carbocycles. The predicted octanol–water partition coefficient (Wildman–Crippen LogP) is 9.60. The first-order valence-electron chi connectivity index (χ1n) is 13.5. The molecule has 0 unspecified atom stereocenters. The quantitative estimate of drug-likeness (QED) is 0.247. The van der Waals surface area contributed by atoms with Gasteiger partial charge >= 0.3 is 0 Å². The lowest BCUT2D eigenvalue weighted by molar-refractivity contribution is 0.294. The monoisotopic (exact) mass is 428 g/mol. The number of hydrogen-bond acceptors (Lipinski definition) is 0. The van der Waals surface area contributed by atoms with Crippen LogP contribution in [0.3, 0.4) is 0 Å². The highest BCUT2D eigenvalue weighted by Gasteiger charge is 2.19. The Kier molecular flexibility index (Phi) is 10.9. The van der Waals surface area contributed by atoms with Crippen LogP contribution in [-0.4, -0.2) is 0 Å². The second kappa shape index (κ2) is 14.2. The van der Waals surface area contributed by atoms with Crippen molar-refractivity contribution in [1.29, 1.82) is 0 Å². The van der Waals surface area contributed by atoms with Crippen molar-refractivity contribution in [3.05, 3.63) is 59.7 Å². The second-order valence-electron chi connectivity index (χ2n) is 9.92. The molecule has 0 heterocycles. The van der Waals surface area contributed by atoms with Crippen LogP contribution >= 0.6 is 0 Å². The third-order valence-corrected chi connectivity index (χ3v) is 7.22. The molecule has 0 heteroatoms. The van der Waals surface area contributed by atoms with Crippen molar-refractivity contribution in [2.75, 3.05) is 0 Å². The average Bonchev–Trinajstić information content (AvgIpc) is 2.85. The first-order valence-corrected chi connectivity index (χ1v) is 13.5. The molecule has 3 rings (SSSR count). The molecule has 0 atom stereocenters. The SMILES string of the molecule is CCCCCCc1ccc(-c2ccc(C#C[C@H]3CC[C@H](CCCCCC)CC3)cc2)cc1. The van der Waals surface area contributed by atoms with E-state index in [1.165, 1.54) is 107 Å². The molecule has 32 heavy (non-hydrogen) atoms. The molecule has 0 amide bonds. The highest BCUT2D eigenvalue weighted by molar-refractivity contribution is 5.64. The van der Waals surface area contributed by atoms with Crippen LogP contribution in [0.2, 0.25) is 0 Å². The van der Waals surface area contributed by atoms with Gasteiger partial charge in [-0.05, 0) is 73.3 Å². The topological polar surface area (TPSA) is 0 Å². The van der Waals surface area contributed by atoms with Crippen molar-refractivity contribution in [2.24, 2.45) is 11.8 Å². The van der Waals surface area contributed by atoms with Gasteiger partial charge in [0.05, 0.1) is 0 Å². The Bertz CT molecular complexity index is 807. The van der Waals surface area contributed by atoms with E-state index < -0.39 is 0 Å². The Labute approximate surface area is 198 Å². The second-order valence-corrected chi connectivity index (χ2v) is 9.92. The number of hydrogen-bond donors (Lipinski definition) is 0. The van der Waals surface area contributed by atoms with Crippen molar-refractivity contribution in [1.82, 2.24) is 0 Å². The molecule has 0 aliphatic heterocycles. The van der Waals surface area contributed by atoms with Gasteiger partial charge in [-0.3, -0.25) is 0 Å². The maximum Gasteiger partial charge on any atom is 0.0245 e. The molecule has 1 aliphatic carbocycles. The highest BCUT2D eigenvalue weighted by atomic mass is 14.2. The van der Waals surface area contributed by atoms with Crippen LogP contribution in [0.15, 0.2) is 48.5 Å². The summed E-state index contributed by atoms with van der Waals surface area (Å²) in [5.74, 6) is 8.61. The lowest BCUT2D eigenvalue weighted by Crippen LogP contribution is -2.13. The van der Waals surface area contributed by atoms with E-state index in [1.54, 1.807) is 0 Å². The zero-order valence-corrected chi connectivity index (χ0v) is 20.7. The normalized spacial score (nSPS) is 18.2. The Morgan fingerprint density at radius 2 is 1.25 bits per heavy atom. The summed E-state index contributed by atoms with van der Waals surface area (Å²) in [5.41, 5.74) is 5.21. The van der Waals surface area contributed by atoms with Gasteiger partial charge < -0.3 is 0 Å². The average molecular weight is 429 g/mol. The number of aryl methyl sites for hydroxylation is 1. The van der Waals surface area contributed by atoms with E-state index in [9.17, 15) is 0 Å². The zero-order valence-electron chi connectivity index (χ0n) is 20.7. The van der Waals surface area contributed by atoms with E-state index in [0.29, 0.717) is 5.92 Å². The van der Waals surface area contributed by atoms with Crippen molar-refractivity contribution >= 4 is 0 Å². The van der Waals surface area contributed by atoms with Crippen LogP contribution in [0, 0.1) is 23.7 Å². The van der Waals surface area contributed by atoms with Crippen LogP contribution in [0.1, 0.15) is 108 Å². The molecule has 0 N–H and O–H groups in total. The molecule has 0 spiro atoms. The Balaban J connectivity index is 1.44. The van der Waals surface area contributed by atoms with Crippen LogP contribution in [0.5, 0.6) is 0 Å². The fraction of sp³-hybridized carbons (Fsp3) is 0.562. The van der Waals surface area contributed by atoms with Crippen LogP contribution in [0.4, 0.5) is 0 Å². The van der Waals surface area contributed by atoms with Gasteiger partial charge in [0.1, 0.15) is 0 Å². The summed E-state index contributed by atoms with van der Waals surface area (Å²) in [6.45, 7) is 4.57. The molecule has 0 radical (unpaired) electrons. The zero-order chi connectivity index (χ0) is 22.4. The molecule has 1 fully saturated rings. The standard InChI is InChI=1S/C32H44/c1-3-5-7-9-11-27-13-15-29(16-14-27)17-18-30-21-25-32(26-22-30)31-23-19-28(20-24-31)12-10-8-6-4-2/h19-27,29H,3-16H2,1-2H3/t27-,29-. The highest BCUT2D eigenvalue weighted by Crippen LogP contribution is 2.32. The minimum atomic E-state index is 0.603. The van der Waals surface area contributed by atoms with Crippen LogP contribution in [-0.2, 0) is 6.42 Å². The van der Waals surface area contributed by atoms with Gasteiger partial charge in [0, 0.05) is 11.5 Å². The summed E-state index contributed by atoms with van der Waals surface area (Å²) in [6, 6.07) is 18.0. The Hall–Kier alpha value is -2.00. The summed E-state index contributed by atoms with van der Waals surface area (Å²) >= 11 is 0. The largest absolute Gasteiger partial charge is 0.0945 e. The van der Waals surface area contributed by atoms with Gasteiger partial charge in [-0.25, -0.2) is 0 Å². The maximum absolute atomic E-state index is 3.58. The lowest BCUT2D eigenvalue weighted by Gasteiger charge is -2.25. The maximum atomic E-state index is 3.58. The predicted molar refractivity (Wildman–Crippen MR) is 141 cm³/mol. The van der Waals surface area contributed by atoms with Crippen molar-refractivity contribution in [3.8, 4) is 23.0 Å². The molecule has 0 aromatic heterocycles. The fourth-order valence-corrected chi connectivity index (χ4v) is 5.01. The number of rotatable bonds is 11. The van der Waals surface area contributed by atoms with Crippen molar-refractivity contribution in [3.63, 3.8) is 0 Å². The van der Waals surface area contributed by atoms with Crippen molar-refractivity contribution < 1.29 is 0 Å². The van der Waals surface area contributed by atoms with Gasteiger partial charge in [-0.1, -0.05) is 113 Å². The van der Waals surface area contributed by atoms with E-state index in [-0.39, 0.29) is 0 Å². The van der Waals surface area contributed by atoms with Crippen LogP contribution < -0.4 is 0 Å².